The summed E-state index contributed by atoms with van der Waals surface area (Å²) in [5, 5.41) is 11.0. The van der Waals surface area contributed by atoms with E-state index in [4.69, 9.17) is 17.3 Å². The summed E-state index contributed by atoms with van der Waals surface area (Å²) in [5.74, 6) is 1.58. The van der Waals surface area contributed by atoms with Crippen LogP contribution in [0.1, 0.15) is 41.5 Å². The van der Waals surface area contributed by atoms with Gasteiger partial charge in [-0.05, 0) is 84.0 Å². The molecule has 0 spiro atoms. The molecule has 274 valence electrons. The predicted molar refractivity (Wildman–Crippen MR) is 236 cm³/mol. The standard InChI is InChI=1S/C49H45O4PSi/c1-31(2)55(32(3)4,33(5)6)53-45-30-26-37-18-10-14-22-41(37)49(45)48-40-21-13-9-17-36(40)25-29-44(48)52-54-50-42-27-23-34-15-7-11-19-38(34)46(42)47-39-20-12-8-16-35(39)24-28-43(47)51-54/h7-33H,1-6H3. The molecule has 0 unspecified atom stereocenters. The predicted octanol–water partition coefficient (Wildman–Crippen LogP) is 16.0. The van der Waals surface area contributed by atoms with Gasteiger partial charge in [0.25, 0.3) is 8.32 Å². The molecule has 9 rings (SSSR count). The van der Waals surface area contributed by atoms with Gasteiger partial charge in [0.1, 0.15) is 22.7 Å². The molecule has 0 aliphatic heterocycles. The van der Waals surface area contributed by atoms with Gasteiger partial charge in [-0.1, -0.05) is 163 Å². The van der Waals surface area contributed by atoms with Crippen LogP contribution in [0.5, 0.6) is 11.5 Å². The van der Waals surface area contributed by atoms with Gasteiger partial charge in [0.2, 0.25) is 0 Å². The van der Waals surface area contributed by atoms with E-state index in [1.807, 2.05) is 0 Å². The Morgan fingerprint density at radius 1 is 0.418 bits per heavy atom. The van der Waals surface area contributed by atoms with Crippen molar-refractivity contribution in [3.63, 3.8) is 0 Å². The van der Waals surface area contributed by atoms with Gasteiger partial charge in [0, 0.05) is 21.9 Å². The number of hydrogen-bond donors (Lipinski definition) is 0. The first kappa shape index (κ1) is 35.2. The summed E-state index contributed by atoms with van der Waals surface area (Å²) in [6.07, 6.45) is 0. The van der Waals surface area contributed by atoms with Crippen LogP contribution in [0.3, 0.4) is 0 Å². The third-order valence-electron chi connectivity index (χ3n) is 11.6. The maximum Gasteiger partial charge on any atom is 0.453 e. The lowest BCUT2D eigenvalue weighted by atomic mass is 9.92. The first-order valence-electron chi connectivity index (χ1n) is 19.4. The largest absolute Gasteiger partial charge is 0.542 e. The lowest BCUT2D eigenvalue weighted by molar-refractivity contribution is 0.480. The summed E-state index contributed by atoms with van der Waals surface area (Å²) in [6.45, 7) is 14.0. The zero-order chi connectivity index (χ0) is 37.8. The maximum absolute atomic E-state index is 7.59. The molecule has 0 N–H and O–H groups in total. The van der Waals surface area contributed by atoms with Crippen molar-refractivity contribution < 1.29 is 17.3 Å². The number of benzene rings is 8. The Labute approximate surface area is 324 Å². The summed E-state index contributed by atoms with van der Waals surface area (Å²) in [7, 11) is -4.33. The Bertz CT molecular complexity index is 2830. The number of hydrogen-bond acceptors (Lipinski definition) is 4. The van der Waals surface area contributed by atoms with Crippen LogP contribution in [-0.2, 0) is 0 Å². The summed E-state index contributed by atoms with van der Waals surface area (Å²) >= 11 is 0. The van der Waals surface area contributed by atoms with Gasteiger partial charge in [-0.25, -0.2) is 0 Å². The minimum Gasteiger partial charge on any atom is -0.542 e. The Kier molecular flexibility index (Phi) is 8.96. The van der Waals surface area contributed by atoms with E-state index in [1.165, 1.54) is 0 Å². The minimum atomic E-state index is -2.36. The topological polar surface area (TPSA) is 44.7 Å². The van der Waals surface area contributed by atoms with Crippen LogP contribution < -0.4 is 8.95 Å². The third-order valence-corrected chi connectivity index (χ3v) is 18.6. The molecular formula is C49H45O4PSi. The first-order chi connectivity index (χ1) is 26.7. The minimum absolute atomic E-state index is 0.401. The van der Waals surface area contributed by atoms with Gasteiger partial charge in [0.15, 0.2) is 0 Å². The van der Waals surface area contributed by atoms with Crippen molar-refractivity contribution in [3.05, 3.63) is 146 Å². The van der Waals surface area contributed by atoms with Crippen LogP contribution in [-0.4, -0.2) is 8.32 Å². The highest BCUT2D eigenvalue weighted by Gasteiger charge is 2.47. The van der Waals surface area contributed by atoms with Crippen LogP contribution in [0, 0.1) is 0 Å². The molecule has 0 saturated carbocycles. The van der Waals surface area contributed by atoms with Crippen LogP contribution in [0.2, 0.25) is 16.6 Å². The lowest BCUT2D eigenvalue weighted by Crippen LogP contribution is -2.50. The highest BCUT2D eigenvalue weighted by molar-refractivity contribution is 7.32. The highest BCUT2D eigenvalue weighted by atomic mass is 31.1. The van der Waals surface area contributed by atoms with Crippen molar-refractivity contribution in [2.24, 2.45) is 0 Å². The van der Waals surface area contributed by atoms with E-state index >= 15 is 0 Å². The van der Waals surface area contributed by atoms with Crippen molar-refractivity contribution in [1.82, 2.24) is 0 Å². The fraction of sp³-hybridized carbons (Fsp3) is 0.184. The molecule has 0 amide bonds. The average Bonchev–Trinajstić information content (AvgIpc) is 3.36. The van der Waals surface area contributed by atoms with Crippen LogP contribution in [0.15, 0.2) is 154 Å². The van der Waals surface area contributed by atoms with E-state index in [0.29, 0.717) is 22.4 Å². The molecule has 0 atom stereocenters. The Morgan fingerprint density at radius 3 is 1.24 bits per heavy atom. The Hall–Kier alpha value is -5.48. The molecule has 9 aromatic rings. The molecule has 1 aromatic heterocycles. The molecule has 0 radical (unpaired) electrons. The molecule has 0 bridgehead atoms. The van der Waals surface area contributed by atoms with Crippen molar-refractivity contribution in [1.29, 1.82) is 0 Å². The maximum atomic E-state index is 7.59. The second-order valence-corrected chi connectivity index (χ2v) is 21.9. The van der Waals surface area contributed by atoms with Gasteiger partial charge in [-0.15, -0.1) is 0 Å². The second-order valence-electron chi connectivity index (χ2n) is 15.6. The number of rotatable bonds is 8. The van der Waals surface area contributed by atoms with E-state index in [1.54, 1.807) is 0 Å². The fourth-order valence-electron chi connectivity index (χ4n) is 9.19. The quantitative estimate of drug-likeness (QED) is 0.145. The van der Waals surface area contributed by atoms with Gasteiger partial charge in [0.05, 0.1) is 0 Å². The second kappa shape index (κ2) is 14.0. The summed E-state index contributed by atoms with van der Waals surface area (Å²) in [6, 6.07) is 51.0. The van der Waals surface area contributed by atoms with E-state index in [9.17, 15) is 0 Å². The van der Waals surface area contributed by atoms with E-state index in [2.05, 4.69) is 187 Å². The Balaban J connectivity index is 1.34. The molecule has 0 aliphatic carbocycles. The molecule has 55 heavy (non-hydrogen) atoms. The zero-order valence-corrected chi connectivity index (χ0v) is 34.1. The first-order valence-corrected chi connectivity index (χ1v) is 22.6. The van der Waals surface area contributed by atoms with Gasteiger partial charge < -0.3 is 17.3 Å². The van der Waals surface area contributed by atoms with Crippen molar-refractivity contribution >= 4 is 81.6 Å². The monoisotopic (exact) mass is 756 g/mol. The summed E-state index contributed by atoms with van der Waals surface area (Å²) < 4.78 is 28.5. The molecule has 0 aliphatic rings. The summed E-state index contributed by atoms with van der Waals surface area (Å²) in [4.78, 5) is 0. The van der Waals surface area contributed by atoms with Crippen molar-refractivity contribution in [2.75, 3.05) is 0 Å². The molecule has 4 nitrogen and oxygen atoms in total. The van der Waals surface area contributed by atoms with Gasteiger partial charge in [-0.3, -0.25) is 0 Å². The molecule has 0 saturated heterocycles. The molecule has 6 heteroatoms. The van der Waals surface area contributed by atoms with Crippen molar-refractivity contribution in [2.45, 2.75) is 58.2 Å². The van der Waals surface area contributed by atoms with Gasteiger partial charge in [-0.2, -0.15) is 0 Å². The molecule has 8 aromatic carbocycles. The van der Waals surface area contributed by atoms with E-state index in [0.717, 1.165) is 81.9 Å². The summed E-state index contributed by atoms with van der Waals surface area (Å²) in [5.41, 5.74) is 4.68. The molecular weight excluding hydrogens is 712 g/mol. The molecule has 1 heterocycles. The van der Waals surface area contributed by atoms with Crippen LogP contribution in [0.4, 0.5) is 0 Å². The molecule has 0 fully saturated rings. The SMILES string of the molecule is CC(C)[Si](Oc1ccc2ccccc2c1-c1c(Op2oc3ccc4ccccc4c3c3c(ccc4ccccc43)o2)ccc2ccccc12)(C(C)C)C(C)C. The van der Waals surface area contributed by atoms with Gasteiger partial charge >= 0.3 is 8.24 Å². The van der Waals surface area contributed by atoms with Crippen molar-refractivity contribution in [3.8, 4) is 22.6 Å². The van der Waals surface area contributed by atoms with Crippen LogP contribution >= 0.6 is 8.24 Å². The lowest BCUT2D eigenvalue weighted by Gasteiger charge is -2.42. The van der Waals surface area contributed by atoms with E-state index in [-0.39, 0.29) is 0 Å². The Morgan fingerprint density at radius 2 is 0.782 bits per heavy atom. The number of fused-ring (bicyclic) bond motifs is 9. The van der Waals surface area contributed by atoms with Crippen LogP contribution in [0.25, 0.3) is 76.2 Å². The normalized spacial score (nSPS) is 12.3. The fourth-order valence-corrected chi connectivity index (χ4v) is 15.5. The average molecular weight is 757 g/mol. The third kappa shape index (κ3) is 5.89. The highest BCUT2D eigenvalue weighted by Crippen LogP contribution is 2.52. The zero-order valence-electron chi connectivity index (χ0n) is 32.2. The van der Waals surface area contributed by atoms with E-state index < -0.39 is 16.6 Å². The smallest absolute Gasteiger partial charge is 0.453 e.